The summed E-state index contributed by atoms with van der Waals surface area (Å²) in [4.78, 5) is 11.9. The zero-order valence-electron chi connectivity index (χ0n) is 20.2. The van der Waals surface area contributed by atoms with E-state index in [4.69, 9.17) is 25.8 Å². The number of hydrogen-bond acceptors (Lipinski definition) is 4. The molecule has 0 spiro atoms. The van der Waals surface area contributed by atoms with Gasteiger partial charge in [0.2, 0.25) is 0 Å². The van der Waals surface area contributed by atoms with Gasteiger partial charge >= 0.3 is 5.97 Å². The molecule has 3 aromatic rings. The first-order valence-corrected chi connectivity index (χ1v) is 12.1. The molecule has 0 saturated carbocycles. The van der Waals surface area contributed by atoms with E-state index in [9.17, 15) is 4.79 Å². The van der Waals surface area contributed by atoms with Gasteiger partial charge in [0, 0.05) is 17.0 Å². The predicted molar refractivity (Wildman–Crippen MR) is 136 cm³/mol. The molecule has 4 rings (SSSR count). The van der Waals surface area contributed by atoms with Gasteiger partial charge in [-0.2, -0.15) is 0 Å². The highest BCUT2D eigenvalue weighted by atomic mass is 35.5. The van der Waals surface area contributed by atoms with Crippen molar-refractivity contribution >= 4 is 17.6 Å². The molecule has 0 fully saturated rings. The molecule has 0 amide bonds. The summed E-state index contributed by atoms with van der Waals surface area (Å²) < 4.78 is 17.5. The van der Waals surface area contributed by atoms with Crippen LogP contribution in [0.2, 0.25) is 5.02 Å². The second-order valence-electron chi connectivity index (χ2n) is 9.46. The summed E-state index contributed by atoms with van der Waals surface area (Å²) >= 11 is 6.08. The fourth-order valence-corrected chi connectivity index (χ4v) is 4.43. The van der Waals surface area contributed by atoms with Crippen molar-refractivity contribution in [3.8, 4) is 22.6 Å². The van der Waals surface area contributed by atoms with Gasteiger partial charge in [-0.05, 0) is 85.8 Å². The second-order valence-corrected chi connectivity index (χ2v) is 9.90. The second kappa shape index (κ2) is 10.1. The number of halogens is 1. The Kier molecular flexibility index (Phi) is 7.18. The molecule has 0 aromatic heterocycles. The summed E-state index contributed by atoms with van der Waals surface area (Å²) in [5, 5.41) is 0.720. The zero-order valence-corrected chi connectivity index (χ0v) is 20.9. The molecule has 0 bridgehead atoms. The lowest BCUT2D eigenvalue weighted by Gasteiger charge is -2.18. The van der Waals surface area contributed by atoms with Crippen molar-refractivity contribution in [3.63, 3.8) is 0 Å². The Morgan fingerprint density at radius 3 is 2.44 bits per heavy atom. The van der Waals surface area contributed by atoms with Crippen LogP contribution in [-0.2, 0) is 29.0 Å². The van der Waals surface area contributed by atoms with Gasteiger partial charge in [-0.1, -0.05) is 42.8 Å². The number of fused-ring (bicyclic) bond motifs is 1. The van der Waals surface area contributed by atoms with E-state index < -0.39 is 0 Å². The van der Waals surface area contributed by atoms with Crippen LogP contribution in [0.4, 0.5) is 0 Å². The van der Waals surface area contributed by atoms with Gasteiger partial charge in [0.25, 0.3) is 0 Å². The molecule has 0 aliphatic carbocycles. The highest BCUT2D eigenvalue weighted by Gasteiger charge is 2.32. The van der Waals surface area contributed by atoms with E-state index in [0.717, 1.165) is 45.2 Å². The van der Waals surface area contributed by atoms with Crippen LogP contribution < -0.4 is 9.47 Å². The average Bonchev–Trinajstić information content (AvgIpc) is 3.13. The van der Waals surface area contributed by atoms with Gasteiger partial charge in [0.15, 0.2) is 0 Å². The molecule has 5 heteroatoms. The Labute approximate surface area is 206 Å². The standard InChI is InChI=1S/C29H31ClO4/c1-5-32-28(31)19(2)14-20-6-12-26(13-7-20)33-18-24-16-22(21-8-10-25(30)11-9-21)15-23-17-29(3,4)34-27(23)24/h6-13,15-16,19H,5,14,17-18H2,1-4H3. The van der Waals surface area contributed by atoms with E-state index in [0.29, 0.717) is 19.6 Å². The molecular weight excluding hydrogens is 448 g/mol. The summed E-state index contributed by atoms with van der Waals surface area (Å²) in [6.07, 6.45) is 1.49. The van der Waals surface area contributed by atoms with E-state index in [2.05, 4.69) is 26.0 Å². The number of carbonyl (C=O) groups is 1. The van der Waals surface area contributed by atoms with Crippen LogP contribution >= 0.6 is 11.6 Å². The van der Waals surface area contributed by atoms with Crippen molar-refractivity contribution < 1.29 is 19.0 Å². The SMILES string of the molecule is CCOC(=O)C(C)Cc1ccc(OCc2cc(-c3ccc(Cl)cc3)cc3c2OC(C)(C)C3)cc1. The Morgan fingerprint density at radius 1 is 1.06 bits per heavy atom. The van der Waals surface area contributed by atoms with Crippen molar-refractivity contribution in [2.24, 2.45) is 5.92 Å². The highest BCUT2D eigenvalue weighted by molar-refractivity contribution is 6.30. The third-order valence-electron chi connectivity index (χ3n) is 5.96. The molecule has 1 atom stereocenters. The lowest BCUT2D eigenvalue weighted by Crippen LogP contribution is -2.25. The number of benzene rings is 3. The zero-order chi connectivity index (χ0) is 24.3. The van der Waals surface area contributed by atoms with E-state index in [1.165, 1.54) is 5.56 Å². The molecule has 1 aliphatic rings. The number of esters is 1. The largest absolute Gasteiger partial charge is 0.489 e. The molecule has 1 unspecified atom stereocenters. The minimum absolute atomic E-state index is 0.167. The average molecular weight is 479 g/mol. The maximum atomic E-state index is 11.9. The van der Waals surface area contributed by atoms with Crippen LogP contribution in [0.3, 0.4) is 0 Å². The van der Waals surface area contributed by atoms with Gasteiger partial charge in [-0.15, -0.1) is 0 Å². The molecule has 0 saturated heterocycles. The Balaban J connectivity index is 1.50. The third kappa shape index (κ3) is 5.74. The van der Waals surface area contributed by atoms with E-state index in [1.807, 2.05) is 62.4 Å². The van der Waals surface area contributed by atoms with Crippen LogP contribution in [0.5, 0.6) is 11.5 Å². The summed E-state index contributed by atoms with van der Waals surface area (Å²) in [6, 6.07) is 20.1. The van der Waals surface area contributed by atoms with E-state index in [1.54, 1.807) is 0 Å². The van der Waals surface area contributed by atoms with Crippen molar-refractivity contribution in [2.75, 3.05) is 6.61 Å². The Morgan fingerprint density at radius 2 is 1.76 bits per heavy atom. The first-order valence-electron chi connectivity index (χ1n) is 11.7. The molecule has 1 aliphatic heterocycles. The lowest BCUT2D eigenvalue weighted by molar-refractivity contribution is -0.147. The molecular formula is C29H31ClO4. The molecule has 0 N–H and O–H groups in total. The first kappa shape index (κ1) is 24.2. The number of carbonyl (C=O) groups excluding carboxylic acids is 1. The normalized spacial score (nSPS) is 14.7. The quantitative estimate of drug-likeness (QED) is 0.325. The van der Waals surface area contributed by atoms with Crippen LogP contribution in [-0.4, -0.2) is 18.2 Å². The predicted octanol–water partition coefficient (Wildman–Crippen LogP) is 7.04. The lowest BCUT2D eigenvalue weighted by atomic mass is 9.95. The Bertz CT molecular complexity index is 1150. The fourth-order valence-electron chi connectivity index (χ4n) is 4.31. The van der Waals surface area contributed by atoms with Gasteiger partial charge in [-0.3, -0.25) is 4.79 Å². The topological polar surface area (TPSA) is 44.8 Å². The summed E-state index contributed by atoms with van der Waals surface area (Å²) in [5.74, 6) is 1.35. The molecule has 1 heterocycles. The van der Waals surface area contributed by atoms with E-state index in [-0.39, 0.29) is 17.5 Å². The van der Waals surface area contributed by atoms with Gasteiger partial charge in [0.1, 0.15) is 23.7 Å². The van der Waals surface area contributed by atoms with Crippen LogP contribution in [0.15, 0.2) is 60.7 Å². The Hall–Kier alpha value is -2.98. The van der Waals surface area contributed by atoms with Crippen molar-refractivity contribution in [1.82, 2.24) is 0 Å². The van der Waals surface area contributed by atoms with Crippen LogP contribution in [0.25, 0.3) is 11.1 Å². The molecule has 178 valence electrons. The summed E-state index contributed by atoms with van der Waals surface area (Å²) in [7, 11) is 0. The smallest absolute Gasteiger partial charge is 0.308 e. The van der Waals surface area contributed by atoms with Crippen LogP contribution in [0.1, 0.15) is 44.4 Å². The van der Waals surface area contributed by atoms with Gasteiger partial charge in [-0.25, -0.2) is 0 Å². The minimum atomic E-state index is -0.243. The summed E-state index contributed by atoms with van der Waals surface area (Å²) in [6.45, 7) is 8.73. The van der Waals surface area contributed by atoms with Gasteiger partial charge in [0.05, 0.1) is 12.5 Å². The van der Waals surface area contributed by atoms with Crippen molar-refractivity contribution in [1.29, 1.82) is 0 Å². The number of ether oxygens (including phenoxy) is 3. The molecule has 3 aromatic carbocycles. The van der Waals surface area contributed by atoms with Crippen LogP contribution in [0, 0.1) is 5.92 Å². The third-order valence-corrected chi connectivity index (χ3v) is 6.22. The number of rotatable bonds is 8. The van der Waals surface area contributed by atoms with Crippen molar-refractivity contribution in [3.05, 3.63) is 82.4 Å². The van der Waals surface area contributed by atoms with Gasteiger partial charge < -0.3 is 14.2 Å². The highest BCUT2D eigenvalue weighted by Crippen LogP contribution is 2.41. The van der Waals surface area contributed by atoms with Crippen molar-refractivity contribution in [2.45, 2.75) is 52.7 Å². The molecule has 34 heavy (non-hydrogen) atoms. The summed E-state index contributed by atoms with van der Waals surface area (Å²) in [5.41, 5.74) is 5.28. The molecule has 4 nitrogen and oxygen atoms in total. The molecule has 0 radical (unpaired) electrons. The maximum absolute atomic E-state index is 11.9. The minimum Gasteiger partial charge on any atom is -0.489 e. The van der Waals surface area contributed by atoms with E-state index >= 15 is 0 Å². The first-order chi connectivity index (χ1) is 16.2. The maximum Gasteiger partial charge on any atom is 0.308 e. The monoisotopic (exact) mass is 478 g/mol. The fraction of sp³-hybridized carbons (Fsp3) is 0.345. The number of hydrogen-bond donors (Lipinski definition) is 0.